The van der Waals surface area contributed by atoms with E-state index in [-0.39, 0.29) is 35.4 Å². The summed E-state index contributed by atoms with van der Waals surface area (Å²) in [4.78, 5) is 15.0. The minimum atomic E-state index is -0.763. The Bertz CT molecular complexity index is 1350. The number of methoxy groups -OCH3 is 1. The summed E-state index contributed by atoms with van der Waals surface area (Å²) in [6.45, 7) is 4.87. The van der Waals surface area contributed by atoms with E-state index in [9.17, 15) is 4.79 Å². The number of carbonyl (C=O) groups excluding carboxylic acids is 1. The molecule has 35 heavy (non-hydrogen) atoms. The fourth-order valence-electron chi connectivity index (χ4n) is 8.18. The second-order valence-corrected chi connectivity index (χ2v) is 10.5. The van der Waals surface area contributed by atoms with Crippen LogP contribution < -0.4 is 0 Å². The number of nitrogens with zero attached hydrogens (tertiary/aromatic N) is 4. The van der Waals surface area contributed by atoms with Crippen LogP contribution in [-0.4, -0.2) is 57.5 Å². The minimum Gasteiger partial charge on any atom is -0.492 e. The predicted molar refractivity (Wildman–Crippen MR) is 120 cm³/mol. The van der Waals surface area contributed by atoms with Crippen molar-refractivity contribution < 1.29 is 23.7 Å². The quantitative estimate of drug-likeness (QED) is 0.628. The first-order valence-electron chi connectivity index (χ1n) is 12.3. The van der Waals surface area contributed by atoms with Crippen LogP contribution in [0.15, 0.2) is 59.4 Å². The van der Waals surface area contributed by atoms with Crippen LogP contribution in [0.2, 0.25) is 0 Å². The van der Waals surface area contributed by atoms with Crippen molar-refractivity contribution in [1.82, 2.24) is 19.9 Å². The Hall–Kier alpha value is -3.17. The van der Waals surface area contributed by atoms with Gasteiger partial charge in [-0.25, -0.2) is 9.48 Å². The third kappa shape index (κ3) is 2.09. The van der Waals surface area contributed by atoms with Crippen molar-refractivity contribution >= 4 is 5.97 Å². The van der Waals surface area contributed by atoms with Crippen LogP contribution in [0.4, 0.5) is 0 Å². The molecule has 2 aromatic rings. The number of fused-ring (bicyclic) bond motifs is 1. The summed E-state index contributed by atoms with van der Waals surface area (Å²) in [6, 6.07) is 10.4. The van der Waals surface area contributed by atoms with E-state index in [0.29, 0.717) is 28.9 Å². The average molecular weight is 475 g/mol. The van der Waals surface area contributed by atoms with E-state index in [0.717, 1.165) is 30.8 Å². The first-order chi connectivity index (χ1) is 17.0. The molecule has 5 saturated heterocycles. The van der Waals surface area contributed by atoms with Crippen molar-refractivity contribution in [3.63, 3.8) is 0 Å². The first kappa shape index (κ1) is 20.1. The first-order valence-corrected chi connectivity index (χ1v) is 12.3. The van der Waals surface area contributed by atoms with Crippen LogP contribution in [0.25, 0.3) is 5.69 Å². The van der Waals surface area contributed by atoms with Crippen molar-refractivity contribution in [3.8, 4) is 5.69 Å². The molecule has 8 rings (SSSR count). The highest BCUT2D eigenvalue weighted by molar-refractivity contribution is 5.93. The Balaban J connectivity index is 1.25. The summed E-state index contributed by atoms with van der Waals surface area (Å²) in [5.41, 5.74) is 2.04. The molecule has 9 nitrogen and oxygen atoms in total. The lowest BCUT2D eigenvalue weighted by molar-refractivity contribution is -0.256. The van der Waals surface area contributed by atoms with Gasteiger partial charge in [-0.2, -0.15) is 0 Å². The Morgan fingerprint density at radius 3 is 2.86 bits per heavy atom. The number of piperidine rings is 1. The van der Waals surface area contributed by atoms with Crippen LogP contribution >= 0.6 is 0 Å². The maximum atomic E-state index is 12.3. The standard InChI is InChI=1S/C26H26N4O5/c1-13-20-16-11-19-25(18-12-30(28-27-18)15-7-5-4-6-8-15)17(9-10-29(16)25)26(20,34-19)35-22(13)23-21(32-3)14(2)24(31)33-23/h4-8,12-13,16-17,19-20H,9-11H2,1-3H3/b23-22-/t13-,16-,17-,19-,20+,25+,26+/m0/s1. The van der Waals surface area contributed by atoms with Crippen molar-refractivity contribution in [1.29, 1.82) is 0 Å². The molecule has 1 aromatic carbocycles. The maximum Gasteiger partial charge on any atom is 0.343 e. The number of rotatable bonds is 3. The number of allylic oxidation sites excluding steroid dienone is 1. The minimum absolute atomic E-state index is 0.0148. The molecule has 0 saturated carbocycles. The molecule has 0 N–H and O–H groups in total. The van der Waals surface area contributed by atoms with E-state index >= 15 is 0 Å². The third-order valence-corrected chi connectivity index (χ3v) is 9.33. The highest BCUT2D eigenvalue weighted by Gasteiger charge is 2.85. The van der Waals surface area contributed by atoms with Gasteiger partial charge in [-0.15, -0.1) is 5.10 Å². The number of aromatic nitrogens is 3. The topological polar surface area (TPSA) is 87.9 Å². The van der Waals surface area contributed by atoms with E-state index in [1.807, 2.05) is 35.0 Å². The largest absolute Gasteiger partial charge is 0.492 e. The Morgan fingerprint density at radius 1 is 1.23 bits per heavy atom. The maximum absolute atomic E-state index is 12.3. The molecule has 6 aliphatic rings. The highest BCUT2D eigenvalue weighted by atomic mass is 16.7. The molecule has 1 aromatic heterocycles. The molecule has 1 spiro atoms. The van der Waals surface area contributed by atoms with Gasteiger partial charge in [0.15, 0.2) is 5.76 Å². The summed E-state index contributed by atoms with van der Waals surface area (Å²) in [6.07, 6.45) is 3.94. The van der Waals surface area contributed by atoms with Crippen LogP contribution in [-0.2, 0) is 29.3 Å². The zero-order chi connectivity index (χ0) is 23.7. The number of ether oxygens (including phenoxy) is 4. The summed E-state index contributed by atoms with van der Waals surface area (Å²) < 4.78 is 26.8. The van der Waals surface area contributed by atoms with Gasteiger partial charge in [0.2, 0.25) is 11.5 Å². The van der Waals surface area contributed by atoms with E-state index in [4.69, 9.17) is 24.0 Å². The average Bonchev–Trinajstić information content (AvgIpc) is 3.66. The molecule has 180 valence electrons. The van der Waals surface area contributed by atoms with Crippen molar-refractivity contribution in [2.24, 2.45) is 17.8 Å². The predicted octanol–water partition coefficient (Wildman–Crippen LogP) is 2.64. The molecule has 8 atom stereocenters. The normalized spacial score (nSPS) is 44.3. The summed E-state index contributed by atoms with van der Waals surface area (Å²) in [5, 5.41) is 9.19. The zero-order valence-electron chi connectivity index (χ0n) is 19.8. The molecular weight excluding hydrogens is 448 g/mol. The van der Waals surface area contributed by atoms with E-state index in [1.54, 1.807) is 14.0 Å². The lowest BCUT2D eigenvalue weighted by Gasteiger charge is -2.47. The molecule has 6 aliphatic heterocycles. The lowest BCUT2D eigenvalue weighted by atomic mass is 9.70. The summed E-state index contributed by atoms with van der Waals surface area (Å²) in [7, 11) is 1.56. The molecule has 1 unspecified atom stereocenters. The van der Waals surface area contributed by atoms with Crippen molar-refractivity contribution in [2.45, 2.75) is 50.2 Å². The zero-order valence-corrected chi connectivity index (χ0v) is 19.8. The van der Waals surface area contributed by atoms with Gasteiger partial charge in [0.05, 0.1) is 42.5 Å². The van der Waals surface area contributed by atoms with Crippen LogP contribution in [0, 0.1) is 17.8 Å². The van der Waals surface area contributed by atoms with Gasteiger partial charge in [-0.1, -0.05) is 30.3 Å². The SMILES string of the molecule is COC1=C(C)C(=O)O/C1=C1\O[C@@]23O[C@H]4C[C@@H]([C@H]2[C@@H]1C)N1CC[C@H]3[C@@]41c1cn(-c2ccccc2)nn1. The number of hydrogen-bond donors (Lipinski definition) is 0. The van der Waals surface area contributed by atoms with Crippen LogP contribution in [0.5, 0.6) is 0 Å². The van der Waals surface area contributed by atoms with Gasteiger partial charge >= 0.3 is 5.97 Å². The summed E-state index contributed by atoms with van der Waals surface area (Å²) in [5.74, 6) is 0.663. The van der Waals surface area contributed by atoms with Gasteiger partial charge in [-0.05, 0) is 31.9 Å². The van der Waals surface area contributed by atoms with E-state index in [1.165, 1.54) is 0 Å². The second-order valence-electron chi connectivity index (χ2n) is 10.5. The van der Waals surface area contributed by atoms with Gasteiger partial charge in [0, 0.05) is 18.5 Å². The monoisotopic (exact) mass is 474 g/mol. The van der Waals surface area contributed by atoms with E-state index < -0.39 is 5.79 Å². The number of esters is 1. The summed E-state index contributed by atoms with van der Waals surface area (Å²) >= 11 is 0. The van der Waals surface area contributed by atoms with Crippen molar-refractivity contribution in [2.75, 3.05) is 13.7 Å². The van der Waals surface area contributed by atoms with Gasteiger partial charge in [-0.3, -0.25) is 4.90 Å². The number of carbonyl (C=O) groups is 1. The van der Waals surface area contributed by atoms with Gasteiger partial charge in [0.1, 0.15) is 17.0 Å². The molecule has 0 amide bonds. The van der Waals surface area contributed by atoms with Crippen molar-refractivity contribution in [3.05, 3.63) is 65.1 Å². The molecule has 7 heterocycles. The molecule has 0 aliphatic carbocycles. The molecule has 5 bridgehead atoms. The van der Waals surface area contributed by atoms with Gasteiger partial charge < -0.3 is 18.9 Å². The third-order valence-electron chi connectivity index (χ3n) is 9.33. The molecular formula is C26H26N4O5. The number of benzene rings is 1. The van der Waals surface area contributed by atoms with E-state index in [2.05, 4.69) is 23.2 Å². The highest BCUT2D eigenvalue weighted by Crippen LogP contribution is 2.74. The Morgan fingerprint density at radius 2 is 2.06 bits per heavy atom. The van der Waals surface area contributed by atoms with Crippen LogP contribution in [0.1, 0.15) is 32.4 Å². The lowest BCUT2D eigenvalue weighted by Crippen LogP contribution is -2.60. The second kappa shape index (κ2) is 6.33. The van der Waals surface area contributed by atoms with Gasteiger partial charge in [0.25, 0.3) is 0 Å². The number of cyclic esters (lactones) is 1. The Labute approximate surface area is 202 Å². The number of para-hydroxylation sites is 1. The smallest absolute Gasteiger partial charge is 0.343 e. The molecule has 5 fully saturated rings. The molecule has 9 heteroatoms. The molecule has 0 radical (unpaired) electrons. The number of hydrogen-bond acceptors (Lipinski definition) is 8. The van der Waals surface area contributed by atoms with Crippen LogP contribution in [0.3, 0.4) is 0 Å². The fourth-order valence-corrected chi connectivity index (χ4v) is 8.18. The fraction of sp³-hybridized carbons (Fsp3) is 0.500. The Kier molecular flexibility index (Phi) is 3.63.